The number of rotatable bonds is 6. The first-order valence-electron chi connectivity index (χ1n) is 6.66. The molecule has 18 heavy (non-hydrogen) atoms. The van der Waals surface area contributed by atoms with Crippen LogP contribution in [0.1, 0.15) is 26.7 Å². The highest BCUT2D eigenvalue weighted by molar-refractivity contribution is 5.76. The molecule has 0 spiro atoms. The number of piperidine rings is 1. The van der Waals surface area contributed by atoms with E-state index in [1.54, 1.807) is 14.2 Å². The number of hydrogen-bond acceptors (Lipinski definition) is 5. The van der Waals surface area contributed by atoms with Gasteiger partial charge >= 0.3 is 5.97 Å². The molecule has 1 aliphatic heterocycles. The Kier molecular flexibility index (Phi) is 6.05. The van der Waals surface area contributed by atoms with Gasteiger partial charge < -0.3 is 14.8 Å². The maximum atomic E-state index is 11.7. The predicted octanol–water partition coefficient (Wildman–Crippen LogP) is 0.638. The van der Waals surface area contributed by atoms with Crippen LogP contribution in [-0.2, 0) is 14.3 Å². The zero-order valence-electron chi connectivity index (χ0n) is 12.0. The van der Waals surface area contributed by atoms with Gasteiger partial charge in [-0.1, -0.05) is 0 Å². The van der Waals surface area contributed by atoms with E-state index in [1.807, 2.05) is 6.92 Å². The van der Waals surface area contributed by atoms with E-state index in [2.05, 4.69) is 17.1 Å². The highest BCUT2D eigenvalue weighted by atomic mass is 16.5. The molecule has 1 rings (SSSR count). The van der Waals surface area contributed by atoms with Gasteiger partial charge in [-0.05, 0) is 40.3 Å². The molecule has 2 unspecified atom stereocenters. The molecule has 2 atom stereocenters. The summed E-state index contributed by atoms with van der Waals surface area (Å²) < 4.78 is 10.6. The van der Waals surface area contributed by atoms with Crippen LogP contribution in [0, 0.1) is 0 Å². The van der Waals surface area contributed by atoms with E-state index in [1.165, 1.54) is 0 Å². The molecule has 1 aliphatic rings. The van der Waals surface area contributed by atoms with Gasteiger partial charge in [0.1, 0.15) is 6.04 Å². The third-order valence-electron chi connectivity index (χ3n) is 3.59. The van der Waals surface area contributed by atoms with Crippen LogP contribution < -0.4 is 5.32 Å². The van der Waals surface area contributed by atoms with Gasteiger partial charge in [0.15, 0.2) is 0 Å². The van der Waals surface area contributed by atoms with Crippen LogP contribution in [-0.4, -0.2) is 62.9 Å². The lowest BCUT2D eigenvalue weighted by molar-refractivity contribution is -0.146. The number of hydrogen-bond donors (Lipinski definition) is 1. The Morgan fingerprint density at radius 3 is 2.83 bits per heavy atom. The maximum Gasteiger partial charge on any atom is 0.324 e. The van der Waals surface area contributed by atoms with Crippen LogP contribution in [0.3, 0.4) is 0 Å². The van der Waals surface area contributed by atoms with Crippen molar-refractivity contribution in [3.05, 3.63) is 0 Å². The Labute approximate surface area is 110 Å². The fourth-order valence-corrected chi connectivity index (χ4v) is 2.41. The lowest BCUT2D eigenvalue weighted by Gasteiger charge is -2.40. The van der Waals surface area contributed by atoms with Crippen molar-refractivity contribution in [1.82, 2.24) is 10.2 Å². The number of ether oxygens (including phenoxy) is 2. The van der Waals surface area contributed by atoms with Crippen molar-refractivity contribution >= 4 is 5.97 Å². The zero-order valence-corrected chi connectivity index (χ0v) is 12.0. The van der Waals surface area contributed by atoms with E-state index in [4.69, 9.17) is 9.47 Å². The number of likely N-dealkylation sites (tertiary alicyclic amines) is 1. The van der Waals surface area contributed by atoms with E-state index in [0.717, 1.165) is 25.9 Å². The van der Waals surface area contributed by atoms with Gasteiger partial charge in [0.2, 0.25) is 0 Å². The lowest BCUT2D eigenvalue weighted by Crippen LogP contribution is -2.53. The number of nitrogens with zero attached hydrogens (tertiary/aromatic N) is 1. The third-order valence-corrected chi connectivity index (χ3v) is 3.59. The summed E-state index contributed by atoms with van der Waals surface area (Å²) in [6.45, 7) is 6.92. The number of carbonyl (C=O) groups is 1. The molecule has 1 N–H and O–H groups in total. The molecular weight excluding hydrogens is 232 g/mol. The Hall–Kier alpha value is -0.650. The smallest absolute Gasteiger partial charge is 0.324 e. The average molecular weight is 258 g/mol. The Bertz CT molecular complexity index is 273. The maximum absolute atomic E-state index is 11.7. The zero-order chi connectivity index (χ0) is 13.6. The van der Waals surface area contributed by atoms with Gasteiger partial charge in [-0.25, -0.2) is 0 Å². The summed E-state index contributed by atoms with van der Waals surface area (Å²) >= 11 is 0. The normalized spacial score (nSPS) is 26.9. The topological polar surface area (TPSA) is 50.8 Å². The van der Waals surface area contributed by atoms with Crippen LogP contribution in [0.15, 0.2) is 0 Å². The minimum atomic E-state index is -0.260. The van der Waals surface area contributed by atoms with Crippen molar-refractivity contribution in [2.75, 3.05) is 40.4 Å². The van der Waals surface area contributed by atoms with E-state index in [0.29, 0.717) is 13.2 Å². The third kappa shape index (κ3) is 4.23. The SMILES string of the molecule is CCOC(=O)C(CN1CCCC(C)(OC)C1)NC. The van der Waals surface area contributed by atoms with Crippen LogP contribution in [0.5, 0.6) is 0 Å². The molecule has 0 aromatic heterocycles. The molecule has 0 aliphatic carbocycles. The number of likely N-dealkylation sites (N-methyl/N-ethyl adjacent to an activating group) is 1. The van der Waals surface area contributed by atoms with E-state index in [-0.39, 0.29) is 17.6 Å². The van der Waals surface area contributed by atoms with Crippen LogP contribution in [0.2, 0.25) is 0 Å². The quantitative estimate of drug-likeness (QED) is 0.709. The molecule has 0 radical (unpaired) electrons. The van der Waals surface area contributed by atoms with Crippen molar-refractivity contribution in [1.29, 1.82) is 0 Å². The number of methoxy groups -OCH3 is 1. The standard InChI is InChI=1S/C13H26N2O3/c1-5-18-12(16)11(14-3)9-15-8-6-7-13(2,10-15)17-4/h11,14H,5-10H2,1-4H3. The van der Waals surface area contributed by atoms with Gasteiger partial charge in [0.05, 0.1) is 12.2 Å². The lowest BCUT2D eigenvalue weighted by atomic mass is 9.94. The minimum absolute atomic E-state index is 0.0921. The van der Waals surface area contributed by atoms with Gasteiger partial charge in [-0.15, -0.1) is 0 Å². The summed E-state index contributed by atoms with van der Waals surface area (Å²) in [5.41, 5.74) is -0.0921. The molecule has 1 heterocycles. The van der Waals surface area contributed by atoms with E-state index in [9.17, 15) is 4.79 Å². The molecule has 0 saturated carbocycles. The summed E-state index contributed by atoms with van der Waals surface area (Å²) in [4.78, 5) is 14.0. The largest absolute Gasteiger partial charge is 0.465 e. The average Bonchev–Trinajstić information content (AvgIpc) is 2.36. The molecule has 0 amide bonds. The van der Waals surface area contributed by atoms with Crippen molar-refractivity contribution < 1.29 is 14.3 Å². The molecule has 1 saturated heterocycles. The minimum Gasteiger partial charge on any atom is -0.465 e. The van der Waals surface area contributed by atoms with E-state index >= 15 is 0 Å². The molecule has 0 aromatic carbocycles. The van der Waals surface area contributed by atoms with Gasteiger partial charge in [-0.2, -0.15) is 0 Å². The Balaban J connectivity index is 2.51. The molecule has 106 valence electrons. The summed E-state index contributed by atoms with van der Waals surface area (Å²) in [5.74, 6) is -0.176. The second kappa shape index (κ2) is 7.07. The Morgan fingerprint density at radius 2 is 2.28 bits per heavy atom. The predicted molar refractivity (Wildman–Crippen MR) is 70.6 cm³/mol. The highest BCUT2D eigenvalue weighted by Crippen LogP contribution is 2.23. The first kappa shape index (κ1) is 15.4. The second-order valence-electron chi connectivity index (χ2n) is 5.09. The van der Waals surface area contributed by atoms with Gasteiger partial charge in [-0.3, -0.25) is 9.69 Å². The summed E-state index contributed by atoms with van der Waals surface area (Å²) in [7, 11) is 3.55. The number of esters is 1. The van der Waals surface area contributed by atoms with Gasteiger partial charge in [0.25, 0.3) is 0 Å². The van der Waals surface area contributed by atoms with Crippen LogP contribution in [0.4, 0.5) is 0 Å². The van der Waals surface area contributed by atoms with Crippen molar-refractivity contribution in [2.24, 2.45) is 0 Å². The fraction of sp³-hybridized carbons (Fsp3) is 0.923. The highest BCUT2D eigenvalue weighted by Gasteiger charge is 2.32. The first-order valence-corrected chi connectivity index (χ1v) is 6.66. The van der Waals surface area contributed by atoms with E-state index < -0.39 is 0 Å². The second-order valence-corrected chi connectivity index (χ2v) is 5.09. The molecule has 0 aromatic rings. The molecule has 0 bridgehead atoms. The Morgan fingerprint density at radius 1 is 1.56 bits per heavy atom. The fourth-order valence-electron chi connectivity index (χ4n) is 2.41. The monoisotopic (exact) mass is 258 g/mol. The molecule has 1 fully saturated rings. The summed E-state index contributed by atoms with van der Waals surface area (Å²) in [5, 5.41) is 3.02. The summed E-state index contributed by atoms with van der Waals surface area (Å²) in [6.07, 6.45) is 2.17. The van der Waals surface area contributed by atoms with Gasteiger partial charge in [0, 0.05) is 20.2 Å². The molecular formula is C13H26N2O3. The first-order chi connectivity index (χ1) is 8.54. The van der Waals surface area contributed by atoms with Crippen molar-refractivity contribution in [2.45, 2.75) is 38.3 Å². The van der Waals surface area contributed by atoms with Crippen LogP contribution in [0.25, 0.3) is 0 Å². The van der Waals surface area contributed by atoms with Crippen molar-refractivity contribution in [3.63, 3.8) is 0 Å². The summed E-state index contributed by atoms with van der Waals surface area (Å²) in [6, 6.07) is -0.260. The number of carbonyl (C=O) groups excluding carboxylic acids is 1. The van der Waals surface area contributed by atoms with Crippen LogP contribution >= 0.6 is 0 Å². The number of nitrogens with one attached hydrogen (secondary N) is 1. The van der Waals surface area contributed by atoms with Crippen molar-refractivity contribution in [3.8, 4) is 0 Å². The molecule has 5 heteroatoms. The molecule has 5 nitrogen and oxygen atoms in total.